The molecule has 2 rings (SSSR count). The predicted molar refractivity (Wildman–Crippen MR) is 63.7 cm³/mol. The molecule has 15 heavy (non-hydrogen) atoms. The average molecular weight is 205 g/mol. The van der Waals surface area contributed by atoms with Crippen LogP contribution < -0.4 is 11.2 Å². The number of nitrogens with one attached hydrogen (secondary N) is 1. The van der Waals surface area contributed by atoms with E-state index < -0.39 is 0 Å². The Kier molecular flexibility index (Phi) is 4.18. The minimum atomic E-state index is 0.214. The molecule has 0 amide bonds. The SMILES string of the molecule is CC.CN1NC(c2ccccc2)C=C1N. The van der Waals surface area contributed by atoms with Crippen LogP contribution in [0.3, 0.4) is 0 Å². The fourth-order valence-electron chi connectivity index (χ4n) is 1.43. The highest BCUT2D eigenvalue weighted by atomic mass is 15.5. The molecule has 3 N–H and O–H groups in total. The molecular weight excluding hydrogens is 186 g/mol. The lowest BCUT2D eigenvalue weighted by Gasteiger charge is -2.16. The van der Waals surface area contributed by atoms with Crippen LogP contribution in [-0.2, 0) is 0 Å². The summed E-state index contributed by atoms with van der Waals surface area (Å²) in [5.41, 5.74) is 10.2. The maximum absolute atomic E-state index is 5.73. The minimum absolute atomic E-state index is 0.214. The molecule has 0 radical (unpaired) electrons. The fourth-order valence-corrected chi connectivity index (χ4v) is 1.43. The van der Waals surface area contributed by atoms with E-state index in [2.05, 4.69) is 17.6 Å². The van der Waals surface area contributed by atoms with Gasteiger partial charge in [-0.3, -0.25) is 5.01 Å². The Morgan fingerprint density at radius 2 is 1.80 bits per heavy atom. The zero-order chi connectivity index (χ0) is 11.3. The summed E-state index contributed by atoms with van der Waals surface area (Å²) in [5, 5.41) is 1.83. The molecule has 82 valence electrons. The van der Waals surface area contributed by atoms with Gasteiger partial charge in [-0.15, -0.1) is 0 Å². The molecule has 0 saturated heterocycles. The van der Waals surface area contributed by atoms with E-state index in [4.69, 9.17) is 5.73 Å². The van der Waals surface area contributed by atoms with Gasteiger partial charge in [0.2, 0.25) is 0 Å². The molecule has 0 saturated carbocycles. The molecule has 1 aliphatic rings. The van der Waals surface area contributed by atoms with Gasteiger partial charge in [0.25, 0.3) is 0 Å². The summed E-state index contributed by atoms with van der Waals surface area (Å²) in [5.74, 6) is 0.772. The molecule has 3 heteroatoms. The number of hydrogen-bond donors (Lipinski definition) is 2. The maximum Gasteiger partial charge on any atom is 0.111 e. The van der Waals surface area contributed by atoms with E-state index >= 15 is 0 Å². The van der Waals surface area contributed by atoms with Crippen molar-refractivity contribution in [3.8, 4) is 0 Å². The average Bonchev–Trinajstić information content (AvgIpc) is 2.63. The lowest BCUT2D eigenvalue weighted by atomic mass is 10.1. The third-order valence-electron chi connectivity index (χ3n) is 2.22. The van der Waals surface area contributed by atoms with Crippen molar-refractivity contribution >= 4 is 0 Å². The monoisotopic (exact) mass is 205 g/mol. The molecule has 0 spiro atoms. The second-order valence-electron chi connectivity index (χ2n) is 3.17. The Morgan fingerprint density at radius 1 is 1.20 bits per heavy atom. The van der Waals surface area contributed by atoms with Gasteiger partial charge in [0, 0.05) is 7.05 Å². The Bertz CT molecular complexity index is 319. The van der Waals surface area contributed by atoms with E-state index in [1.165, 1.54) is 5.56 Å². The van der Waals surface area contributed by atoms with Gasteiger partial charge >= 0.3 is 0 Å². The molecule has 3 nitrogen and oxygen atoms in total. The Balaban J connectivity index is 0.000000531. The van der Waals surface area contributed by atoms with Crippen molar-refractivity contribution in [3.05, 3.63) is 47.8 Å². The minimum Gasteiger partial charge on any atom is -0.385 e. The van der Waals surface area contributed by atoms with E-state index in [0.717, 1.165) is 5.82 Å². The quantitative estimate of drug-likeness (QED) is 0.737. The largest absolute Gasteiger partial charge is 0.385 e. The number of hydrogen-bond acceptors (Lipinski definition) is 3. The summed E-state index contributed by atoms with van der Waals surface area (Å²) in [6.07, 6.45) is 2.01. The van der Waals surface area contributed by atoms with Crippen LogP contribution in [-0.4, -0.2) is 12.1 Å². The summed E-state index contributed by atoms with van der Waals surface area (Å²) in [7, 11) is 1.91. The van der Waals surface area contributed by atoms with E-state index in [9.17, 15) is 0 Å². The van der Waals surface area contributed by atoms with Gasteiger partial charge in [0.05, 0.1) is 6.04 Å². The molecule has 1 atom stereocenters. The zero-order valence-corrected chi connectivity index (χ0v) is 9.57. The Morgan fingerprint density at radius 3 is 2.27 bits per heavy atom. The molecule has 1 aromatic carbocycles. The van der Waals surface area contributed by atoms with Gasteiger partial charge in [-0.1, -0.05) is 44.2 Å². The first-order chi connectivity index (χ1) is 7.27. The van der Waals surface area contributed by atoms with Crippen LogP contribution in [0, 0.1) is 0 Å². The number of rotatable bonds is 1. The standard InChI is InChI=1S/C10H13N3.C2H6/c1-13-10(11)7-9(12-13)8-5-3-2-4-6-8;1-2/h2-7,9,12H,11H2,1H3;1-2H3. The molecule has 0 bridgehead atoms. The van der Waals surface area contributed by atoms with Crippen molar-refractivity contribution in [1.82, 2.24) is 10.4 Å². The van der Waals surface area contributed by atoms with Crippen molar-refractivity contribution in [2.75, 3.05) is 7.05 Å². The second kappa shape index (κ2) is 5.41. The second-order valence-corrected chi connectivity index (χ2v) is 3.17. The Labute approximate surface area is 91.6 Å². The smallest absolute Gasteiger partial charge is 0.111 e. The van der Waals surface area contributed by atoms with Crippen LogP contribution in [0.1, 0.15) is 25.5 Å². The summed E-state index contributed by atoms with van der Waals surface area (Å²) >= 11 is 0. The maximum atomic E-state index is 5.73. The first-order valence-corrected chi connectivity index (χ1v) is 5.29. The number of hydrazine groups is 1. The molecule has 0 fully saturated rings. The molecular formula is C12H19N3. The molecule has 0 aromatic heterocycles. The van der Waals surface area contributed by atoms with Gasteiger partial charge < -0.3 is 5.73 Å². The van der Waals surface area contributed by atoms with Crippen molar-refractivity contribution < 1.29 is 0 Å². The van der Waals surface area contributed by atoms with Crippen LogP contribution >= 0.6 is 0 Å². The Hall–Kier alpha value is -1.48. The van der Waals surface area contributed by atoms with Gasteiger partial charge in [-0.25, -0.2) is 5.43 Å². The van der Waals surface area contributed by atoms with Crippen LogP contribution in [0.5, 0.6) is 0 Å². The first kappa shape index (κ1) is 11.6. The molecule has 1 aliphatic heterocycles. The third kappa shape index (κ3) is 2.73. The van der Waals surface area contributed by atoms with Gasteiger partial charge in [-0.05, 0) is 11.6 Å². The van der Waals surface area contributed by atoms with E-state index in [-0.39, 0.29) is 6.04 Å². The topological polar surface area (TPSA) is 41.3 Å². The van der Waals surface area contributed by atoms with Gasteiger partial charge in [0.15, 0.2) is 0 Å². The van der Waals surface area contributed by atoms with Crippen molar-refractivity contribution in [2.45, 2.75) is 19.9 Å². The predicted octanol–water partition coefficient (Wildman–Crippen LogP) is 2.00. The van der Waals surface area contributed by atoms with Gasteiger partial charge in [-0.2, -0.15) is 0 Å². The normalized spacial score (nSPS) is 19.3. The lowest BCUT2D eigenvalue weighted by molar-refractivity contribution is 0.308. The summed E-state index contributed by atoms with van der Waals surface area (Å²) in [4.78, 5) is 0. The van der Waals surface area contributed by atoms with E-state index in [0.29, 0.717) is 0 Å². The third-order valence-corrected chi connectivity index (χ3v) is 2.22. The fraction of sp³-hybridized carbons (Fsp3) is 0.333. The van der Waals surface area contributed by atoms with E-state index in [1.54, 1.807) is 0 Å². The number of nitrogens with two attached hydrogens (primary N) is 1. The lowest BCUT2D eigenvalue weighted by Crippen LogP contribution is -2.31. The van der Waals surface area contributed by atoms with Crippen LogP contribution in [0.25, 0.3) is 0 Å². The van der Waals surface area contributed by atoms with Crippen molar-refractivity contribution in [3.63, 3.8) is 0 Å². The van der Waals surface area contributed by atoms with Crippen LogP contribution in [0.15, 0.2) is 42.2 Å². The molecule has 1 aromatic rings. The van der Waals surface area contributed by atoms with Crippen LogP contribution in [0.2, 0.25) is 0 Å². The van der Waals surface area contributed by atoms with Crippen molar-refractivity contribution in [2.24, 2.45) is 5.73 Å². The highest BCUT2D eigenvalue weighted by Gasteiger charge is 2.18. The van der Waals surface area contributed by atoms with Gasteiger partial charge in [0.1, 0.15) is 5.82 Å². The summed E-state index contributed by atoms with van der Waals surface area (Å²) < 4.78 is 0. The van der Waals surface area contributed by atoms with E-state index in [1.807, 2.05) is 50.2 Å². The number of benzene rings is 1. The summed E-state index contributed by atoms with van der Waals surface area (Å²) in [6.45, 7) is 4.00. The highest BCUT2D eigenvalue weighted by molar-refractivity contribution is 5.25. The zero-order valence-electron chi connectivity index (χ0n) is 9.57. The molecule has 1 heterocycles. The number of nitrogens with zero attached hydrogens (tertiary/aromatic N) is 1. The van der Waals surface area contributed by atoms with Crippen LogP contribution in [0.4, 0.5) is 0 Å². The van der Waals surface area contributed by atoms with Crippen molar-refractivity contribution in [1.29, 1.82) is 0 Å². The molecule has 1 unspecified atom stereocenters. The highest BCUT2D eigenvalue weighted by Crippen LogP contribution is 2.20. The first-order valence-electron chi connectivity index (χ1n) is 5.29. The molecule has 0 aliphatic carbocycles. The summed E-state index contributed by atoms with van der Waals surface area (Å²) in [6, 6.07) is 10.4.